The molecule has 0 aliphatic rings. The smallest absolute Gasteiger partial charge is 0.414 e. The third-order valence-electron chi connectivity index (χ3n) is 5.53. The number of amides is 4. The number of benzene rings is 1. The van der Waals surface area contributed by atoms with Crippen LogP contribution in [0.25, 0.3) is 5.69 Å². The third-order valence-corrected chi connectivity index (χ3v) is 5.53. The van der Waals surface area contributed by atoms with Gasteiger partial charge >= 0.3 is 23.9 Å². The van der Waals surface area contributed by atoms with Gasteiger partial charge in [0.15, 0.2) is 5.96 Å². The van der Waals surface area contributed by atoms with E-state index < -0.39 is 60.8 Å². The van der Waals surface area contributed by atoms with E-state index in [1.54, 1.807) is 24.3 Å². The third kappa shape index (κ3) is 13.3. The van der Waals surface area contributed by atoms with Crippen LogP contribution in [-0.2, 0) is 28.7 Å². The van der Waals surface area contributed by atoms with Gasteiger partial charge in [-0.3, -0.25) is 34.0 Å². The summed E-state index contributed by atoms with van der Waals surface area (Å²) in [5.74, 6) is -5.42. The number of hydrogen-bond acceptors (Lipinski definition) is 10. The molecule has 0 unspecified atom stereocenters. The predicted octanol–water partition coefficient (Wildman–Crippen LogP) is -2.02. The molecule has 1 aromatic heterocycles. The first-order chi connectivity index (χ1) is 20.9. The van der Waals surface area contributed by atoms with E-state index in [0.29, 0.717) is 5.69 Å². The normalized spacial score (nSPS) is 11.7. The van der Waals surface area contributed by atoms with Crippen molar-refractivity contribution in [3.63, 3.8) is 0 Å². The Hall–Kier alpha value is -5.75. The van der Waals surface area contributed by atoms with Crippen LogP contribution in [0.4, 0.5) is 10.7 Å². The van der Waals surface area contributed by atoms with E-state index in [-0.39, 0.29) is 50.7 Å². The van der Waals surface area contributed by atoms with Gasteiger partial charge in [0.25, 0.3) is 6.20 Å². The van der Waals surface area contributed by atoms with Crippen molar-refractivity contribution in [2.75, 3.05) is 25.0 Å². The lowest BCUT2D eigenvalue weighted by Crippen LogP contribution is -2.51. The summed E-state index contributed by atoms with van der Waals surface area (Å²) in [6.45, 7) is -0.672. The largest absolute Gasteiger partial charge is 0.481 e. The SMILES string of the molecule is NC(N)=NCCC[C@H](NC(=O)CCCOC(=O)Nc1c[n+](-c2ccccc2)no1)C(=O)NCC(=O)N[C@@H](CC(=O)O)C(=O)O. The molecule has 19 heteroatoms. The summed E-state index contributed by atoms with van der Waals surface area (Å²) >= 11 is 0. The number of carboxylic acid groups (broad SMARTS) is 2. The summed E-state index contributed by atoms with van der Waals surface area (Å²) in [6.07, 6.45) is 0.0564. The van der Waals surface area contributed by atoms with E-state index in [0.717, 1.165) is 0 Å². The maximum absolute atomic E-state index is 12.7. The van der Waals surface area contributed by atoms with Crippen molar-refractivity contribution in [1.82, 2.24) is 21.2 Å². The van der Waals surface area contributed by atoms with Crippen LogP contribution < -0.4 is 37.4 Å². The number of hydrogen-bond donors (Lipinski definition) is 8. The maximum atomic E-state index is 12.7. The second-order valence-corrected chi connectivity index (χ2v) is 9.05. The van der Waals surface area contributed by atoms with Gasteiger partial charge in [0.1, 0.15) is 12.1 Å². The molecule has 2 rings (SSSR count). The second-order valence-electron chi connectivity index (χ2n) is 9.05. The molecule has 0 bridgehead atoms. The predicted molar refractivity (Wildman–Crippen MR) is 149 cm³/mol. The number of para-hydroxylation sites is 1. The Morgan fingerprint density at radius 1 is 1.00 bits per heavy atom. The number of anilines is 1. The molecule has 2 atom stereocenters. The van der Waals surface area contributed by atoms with Gasteiger partial charge in [-0.15, -0.1) is 0 Å². The molecule has 44 heavy (non-hydrogen) atoms. The highest BCUT2D eigenvalue weighted by atomic mass is 16.6. The first-order valence-corrected chi connectivity index (χ1v) is 13.2. The number of guanidine groups is 1. The molecule has 0 saturated heterocycles. The van der Waals surface area contributed by atoms with Gasteiger partial charge in [0, 0.05) is 25.1 Å². The molecular weight excluding hydrogens is 586 g/mol. The van der Waals surface area contributed by atoms with Gasteiger partial charge in [0.2, 0.25) is 28.7 Å². The zero-order valence-corrected chi connectivity index (χ0v) is 23.4. The van der Waals surface area contributed by atoms with Crippen molar-refractivity contribution < 1.29 is 52.9 Å². The average molecular weight is 621 g/mol. The highest BCUT2D eigenvalue weighted by molar-refractivity contribution is 5.92. The molecule has 2 aromatic rings. The van der Waals surface area contributed by atoms with Gasteiger partial charge in [0.05, 0.1) is 19.6 Å². The van der Waals surface area contributed by atoms with Crippen LogP contribution in [0.1, 0.15) is 32.1 Å². The lowest BCUT2D eigenvalue weighted by molar-refractivity contribution is -0.670. The number of aliphatic carboxylic acids is 2. The Kier molecular flexibility index (Phi) is 14.0. The van der Waals surface area contributed by atoms with E-state index in [4.69, 9.17) is 30.9 Å². The van der Waals surface area contributed by atoms with Crippen molar-refractivity contribution in [3.05, 3.63) is 36.5 Å². The minimum atomic E-state index is -1.70. The van der Waals surface area contributed by atoms with Gasteiger partial charge in [-0.2, -0.15) is 0 Å². The Labute approximate surface area is 250 Å². The van der Waals surface area contributed by atoms with Crippen molar-refractivity contribution in [3.8, 4) is 5.69 Å². The zero-order chi connectivity index (χ0) is 32.5. The maximum Gasteiger partial charge on any atom is 0.414 e. The number of carbonyl (C=O) groups excluding carboxylic acids is 4. The topological polar surface area (TPSA) is 295 Å². The van der Waals surface area contributed by atoms with E-state index in [1.165, 1.54) is 10.9 Å². The van der Waals surface area contributed by atoms with Crippen molar-refractivity contribution in [1.29, 1.82) is 0 Å². The van der Waals surface area contributed by atoms with E-state index >= 15 is 0 Å². The number of nitrogens with zero attached hydrogens (tertiary/aromatic N) is 3. The standard InChI is InChI=1S/C25H33N9O10/c26-24(27)28-10-4-8-16(22(39)29-13-19(36)31-17(23(40)41)12-21(37)38)30-18(35)9-5-11-43-25(42)32-20-14-34(33-44-20)15-6-2-1-3-7-15/h1-3,6-7,14,16-17H,4-5,8-13H2,(H9-,26,27,28,29,30,31,32,33,35,36,37,38,39,40,41,42)/p+1/t16-,17-/m0/s1. The molecule has 0 spiro atoms. The molecule has 0 saturated carbocycles. The van der Waals surface area contributed by atoms with Gasteiger partial charge in [-0.05, 0) is 23.9 Å². The number of ether oxygens (including phenoxy) is 1. The van der Waals surface area contributed by atoms with Crippen molar-refractivity contribution >= 4 is 47.6 Å². The molecule has 1 heterocycles. The van der Waals surface area contributed by atoms with Crippen LogP contribution >= 0.6 is 0 Å². The zero-order valence-electron chi connectivity index (χ0n) is 23.4. The lowest BCUT2D eigenvalue weighted by Gasteiger charge is -2.19. The molecular formula is C25H34N9O10+. The summed E-state index contributed by atoms with van der Waals surface area (Å²) in [6, 6.07) is 6.20. The first-order valence-electron chi connectivity index (χ1n) is 13.2. The highest BCUT2D eigenvalue weighted by Gasteiger charge is 2.25. The molecule has 0 aliphatic heterocycles. The summed E-state index contributed by atoms with van der Waals surface area (Å²) < 4.78 is 11.5. The van der Waals surface area contributed by atoms with Gasteiger partial charge in [-0.25, -0.2) is 9.59 Å². The molecule has 0 aliphatic carbocycles. The number of aromatic nitrogens is 2. The Morgan fingerprint density at radius 2 is 1.70 bits per heavy atom. The van der Waals surface area contributed by atoms with Crippen LogP contribution in [0.2, 0.25) is 0 Å². The molecule has 0 radical (unpaired) electrons. The van der Waals surface area contributed by atoms with Crippen LogP contribution in [0, 0.1) is 0 Å². The Balaban J connectivity index is 1.81. The summed E-state index contributed by atoms with van der Waals surface area (Å²) in [7, 11) is 0. The van der Waals surface area contributed by atoms with E-state index in [9.17, 15) is 28.8 Å². The number of carboxylic acids is 2. The summed E-state index contributed by atoms with van der Waals surface area (Å²) in [5, 5.41) is 30.7. The Morgan fingerprint density at radius 3 is 2.36 bits per heavy atom. The second kappa shape index (κ2) is 17.9. The number of nitrogens with one attached hydrogen (secondary N) is 4. The molecule has 1 aromatic carbocycles. The fraction of sp³-hybridized carbons (Fsp3) is 0.400. The van der Waals surface area contributed by atoms with Gasteiger partial charge in [-0.1, -0.05) is 18.2 Å². The fourth-order valence-electron chi connectivity index (χ4n) is 3.49. The van der Waals surface area contributed by atoms with E-state index in [2.05, 4.69) is 26.2 Å². The molecule has 10 N–H and O–H groups in total. The van der Waals surface area contributed by atoms with Crippen LogP contribution in [0.15, 0.2) is 46.0 Å². The first kappa shape index (κ1) is 34.5. The van der Waals surface area contributed by atoms with Crippen molar-refractivity contribution in [2.45, 2.75) is 44.2 Å². The lowest BCUT2D eigenvalue weighted by atomic mass is 10.1. The molecule has 0 fully saturated rings. The number of carbonyl (C=O) groups is 6. The highest BCUT2D eigenvalue weighted by Crippen LogP contribution is 2.06. The summed E-state index contributed by atoms with van der Waals surface area (Å²) in [4.78, 5) is 75.0. The van der Waals surface area contributed by atoms with Gasteiger partial charge < -0.3 is 42.4 Å². The monoisotopic (exact) mass is 620 g/mol. The minimum Gasteiger partial charge on any atom is -0.481 e. The number of rotatable bonds is 18. The number of aliphatic imine (C=N–C) groups is 1. The minimum absolute atomic E-state index is 0.0280. The summed E-state index contributed by atoms with van der Waals surface area (Å²) in [5.41, 5.74) is 11.3. The fourth-order valence-corrected chi connectivity index (χ4v) is 3.49. The van der Waals surface area contributed by atoms with Crippen LogP contribution in [0.5, 0.6) is 0 Å². The van der Waals surface area contributed by atoms with E-state index in [1.807, 2.05) is 11.4 Å². The Bertz CT molecular complexity index is 1330. The molecule has 19 nitrogen and oxygen atoms in total. The quantitative estimate of drug-likeness (QED) is 0.0387. The van der Waals surface area contributed by atoms with Crippen molar-refractivity contribution in [2.24, 2.45) is 16.5 Å². The molecule has 238 valence electrons. The average Bonchev–Trinajstić information content (AvgIpc) is 3.43. The van der Waals surface area contributed by atoms with Crippen LogP contribution in [0.3, 0.4) is 0 Å². The molecule has 4 amide bonds. The van der Waals surface area contributed by atoms with Crippen LogP contribution in [-0.4, -0.2) is 89.0 Å². The number of nitrogens with two attached hydrogens (primary N) is 2.